The summed E-state index contributed by atoms with van der Waals surface area (Å²) in [4.78, 5) is 25.4. The van der Waals surface area contributed by atoms with Crippen LogP contribution in [0.4, 0.5) is 4.39 Å². The van der Waals surface area contributed by atoms with Crippen LogP contribution in [-0.2, 0) is 4.79 Å². The number of amides is 1. The number of aliphatic carboxylic acids is 1. The molecule has 0 aromatic heterocycles. The molecule has 2 rings (SSSR count). The molecule has 1 fully saturated rings. The number of hydrogen-bond acceptors (Lipinski definition) is 3. The van der Waals surface area contributed by atoms with E-state index >= 15 is 0 Å². The molecule has 3 N–H and O–H groups in total. The molecule has 0 spiro atoms. The van der Waals surface area contributed by atoms with Crippen LogP contribution in [0, 0.1) is 11.7 Å². The van der Waals surface area contributed by atoms with Gasteiger partial charge in [-0.25, -0.2) is 4.39 Å². The minimum Gasteiger partial charge on any atom is -0.480 e. The van der Waals surface area contributed by atoms with E-state index in [0.29, 0.717) is 18.5 Å². The Morgan fingerprint density at radius 2 is 2.05 bits per heavy atom. The van der Waals surface area contributed by atoms with Gasteiger partial charge in [0, 0.05) is 18.0 Å². The molecule has 1 aromatic carbocycles. The Kier molecular flexibility index (Phi) is 4.85. The second kappa shape index (κ2) is 6.48. The van der Waals surface area contributed by atoms with Crippen LogP contribution < -0.4 is 5.73 Å². The topological polar surface area (TPSA) is 83.6 Å². The number of benzene rings is 1. The molecule has 0 aliphatic carbocycles. The lowest BCUT2D eigenvalue weighted by Crippen LogP contribution is -2.55. The lowest BCUT2D eigenvalue weighted by Gasteiger charge is -2.25. The fourth-order valence-corrected chi connectivity index (χ4v) is 2.91. The number of halogens is 1. The molecule has 7 heteroatoms. The Bertz CT molecular complexity index is 566. The third-order valence-electron chi connectivity index (χ3n) is 4.30. The van der Waals surface area contributed by atoms with Crippen molar-refractivity contribution in [3.05, 3.63) is 35.6 Å². The SMILES string of the molecule is BCCC[C@H]1CN(C(=O)c2ccc(F)cc2)C[C@@]1(N)C(=O)O. The van der Waals surface area contributed by atoms with Gasteiger partial charge in [0.15, 0.2) is 0 Å². The molecule has 0 saturated carbocycles. The number of rotatable bonds is 5. The Balaban J connectivity index is 2.17. The van der Waals surface area contributed by atoms with E-state index in [9.17, 15) is 19.1 Å². The second-order valence-corrected chi connectivity index (χ2v) is 5.88. The predicted octanol–water partition coefficient (Wildman–Crippen LogP) is 0.511. The summed E-state index contributed by atoms with van der Waals surface area (Å²) in [5.41, 5.74) is 4.99. The summed E-state index contributed by atoms with van der Waals surface area (Å²) in [5.74, 6) is -2.08. The van der Waals surface area contributed by atoms with Gasteiger partial charge in [-0.1, -0.05) is 12.7 Å². The molecule has 0 radical (unpaired) electrons. The molecule has 1 aliphatic rings. The molecule has 22 heavy (non-hydrogen) atoms. The quantitative estimate of drug-likeness (QED) is 0.777. The summed E-state index contributed by atoms with van der Waals surface area (Å²) in [6, 6.07) is 5.22. The third kappa shape index (κ3) is 3.14. The standard InChI is InChI=1S/C15H20BFN2O3/c16-7-1-2-11-8-19(9-15(11,18)14(21)22)13(20)10-3-5-12(17)6-4-10/h3-6,11H,1-2,7-9,16,18H2,(H,21,22)/t11-,15-/m0/s1. The van der Waals surface area contributed by atoms with Gasteiger partial charge in [-0.2, -0.15) is 0 Å². The van der Waals surface area contributed by atoms with Gasteiger partial charge in [-0.15, -0.1) is 0 Å². The number of carbonyl (C=O) groups is 2. The van der Waals surface area contributed by atoms with Crippen molar-refractivity contribution in [1.29, 1.82) is 0 Å². The van der Waals surface area contributed by atoms with Gasteiger partial charge < -0.3 is 15.7 Å². The van der Waals surface area contributed by atoms with Crippen molar-refractivity contribution in [3.63, 3.8) is 0 Å². The molecule has 1 aliphatic heterocycles. The van der Waals surface area contributed by atoms with Crippen molar-refractivity contribution in [3.8, 4) is 0 Å². The summed E-state index contributed by atoms with van der Waals surface area (Å²) in [5, 5.41) is 9.44. The first-order valence-corrected chi connectivity index (χ1v) is 7.45. The van der Waals surface area contributed by atoms with Crippen LogP contribution in [0.3, 0.4) is 0 Å². The van der Waals surface area contributed by atoms with E-state index in [1.54, 1.807) is 0 Å². The van der Waals surface area contributed by atoms with E-state index < -0.39 is 17.3 Å². The van der Waals surface area contributed by atoms with Crippen molar-refractivity contribution >= 4 is 19.7 Å². The van der Waals surface area contributed by atoms with Gasteiger partial charge >= 0.3 is 5.97 Å². The van der Waals surface area contributed by atoms with E-state index in [4.69, 9.17) is 5.73 Å². The van der Waals surface area contributed by atoms with Crippen LogP contribution in [0.1, 0.15) is 23.2 Å². The van der Waals surface area contributed by atoms with Gasteiger partial charge in [0.2, 0.25) is 0 Å². The normalized spacial score (nSPS) is 24.5. The summed E-state index contributed by atoms with van der Waals surface area (Å²) in [7, 11) is 2.02. The summed E-state index contributed by atoms with van der Waals surface area (Å²) < 4.78 is 12.9. The van der Waals surface area contributed by atoms with Crippen LogP contribution in [0.2, 0.25) is 6.32 Å². The minimum absolute atomic E-state index is 0.0209. The highest BCUT2D eigenvalue weighted by Gasteiger charge is 2.50. The fraction of sp³-hybridized carbons (Fsp3) is 0.467. The molecule has 2 atom stereocenters. The number of likely N-dealkylation sites (tertiary alicyclic amines) is 1. The van der Waals surface area contributed by atoms with Crippen LogP contribution in [0.15, 0.2) is 24.3 Å². The molecule has 1 saturated heterocycles. The highest BCUT2D eigenvalue weighted by Crippen LogP contribution is 2.31. The van der Waals surface area contributed by atoms with Crippen molar-refractivity contribution in [2.45, 2.75) is 24.7 Å². The molecule has 0 bridgehead atoms. The average Bonchev–Trinajstić information content (AvgIpc) is 2.84. The van der Waals surface area contributed by atoms with Gasteiger partial charge in [0.25, 0.3) is 5.91 Å². The zero-order valence-electron chi connectivity index (χ0n) is 12.6. The lowest BCUT2D eigenvalue weighted by atomic mass is 9.83. The zero-order chi connectivity index (χ0) is 16.3. The molecule has 0 unspecified atom stereocenters. The molecule has 1 heterocycles. The van der Waals surface area contributed by atoms with Crippen LogP contribution in [-0.4, -0.2) is 48.4 Å². The lowest BCUT2D eigenvalue weighted by molar-refractivity contribution is -0.144. The molecular formula is C15H20BFN2O3. The minimum atomic E-state index is -1.41. The maximum absolute atomic E-state index is 12.9. The smallest absolute Gasteiger partial charge is 0.325 e. The first-order valence-electron chi connectivity index (χ1n) is 7.45. The number of carboxylic acid groups (broad SMARTS) is 1. The second-order valence-electron chi connectivity index (χ2n) is 5.88. The van der Waals surface area contributed by atoms with Crippen molar-refractivity contribution in [2.24, 2.45) is 11.7 Å². The van der Waals surface area contributed by atoms with E-state index in [-0.39, 0.29) is 18.4 Å². The highest BCUT2D eigenvalue weighted by molar-refractivity contribution is 6.08. The van der Waals surface area contributed by atoms with Crippen molar-refractivity contribution in [1.82, 2.24) is 4.90 Å². The summed E-state index contributed by atoms with van der Waals surface area (Å²) in [6.45, 7) is 0.298. The van der Waals surface area contributed by atoms with Crippen LogP contribution in [0.5, 0.6) is 0 Å². The third-order valence-corrected chi connectivity index (χ3v) is 4.30. The largest absolute Gasteiger partial charge is 0.480 e. The van der Waals surface area contributed by atoms with E-state index in [2.05, 4.69) is 0 Å². The molecule has 5 nitrogen and oxygen atoms in total. The molecular weight excluding hydrogens is 286 g/mol. The monoisotopic (exact) mass is 306 g/mol. The maximum Gasteiger partial charge on any atom is 0.325 e. The number of nitrogens with zero attached hydrogens (tertiary/aromatic N) is 1. The van der Waals surface area contributed by atoms with E-state index in [1.165, 1.54) is 29.2 Å². The van der Waals surface area contributed by atoms with Crippen LogP contribution in [0.25, 0.3) is 0 Å². The predicted molar refractivity (Wildman–Crippen MR) is 82.9 cm³/mol. The Labute approximate surface area is 129 Å². The number of carboxylic acids is 1. The van der Waals surface area contributed by atoms with Gasteiger partial charge in [-0.3, -0.25) is 9.59 Å². The zero-order valence-corrected chi connectivity index (χ0v) is 12.6. The highest BCUT2D eigenvalue weighted by atomic mass is 19.1. The Morgan fingerprint density at radius 3 is 2.59 bits per heavy atom. The average molecular weight is 306 g/mol. The molecule has 1 amide bonds. The fourth-order valence-electron chi connectivity index (χ4n) is 2.91. The number of carbonyl (C=O) groups excluding carboxylic acids is 1. The van der Waals surface area contributed by atoms with Crippen LogP contribution >= 0.6 is 0 Å². The van der Waals surface area contributed by atoms with Gasteiger partial charge in [0.1, 0.15) is 19.2 Å². The summed E-state index contributed by atoms with van der Waals surface area (Å²) >= 11 is 0. The molecule has 118 valence electrons. The Morgan fingerprint density at radius 1 is 1.41 bits per heavy atom. The Hall–Kier alpha value is -1.89. The van der Waals surface area contributed by atoms with Gasteiger partial charge in [-0.05, 0) is 30.7 Å². The van der Waals surface area contributed by atoms with Crippen molar-refractivity contribution < 1.29 is 19.1 Å². The number of nitrogens with two attached hydrogens (primary N) is 1. The maximum atomic E-state index is 12.9. The molecule has 1 aromatic rings. The van der Waals surface area contributed by atoms with E-state index in [1.807, 2.05) is 7.85 Å². The number of hydrogen-bond donors (Lipinski definition) is 2. The van der Waals surface area contributed by atoms with E-state index in [0.717, 1.165) is 12.7 Å². The first kappa shape index (κ1) is 16.5. The summed E-state index contributed by atoms with van der Waals surface area (Å²) in [6.07, 6.45) is 2.49. The first-order chi connectivity index (χ1) is 10.4. The van der Waals surface area contributed by atoms with Crippen molar-refractivity contribution in [2.75, 3.05) is 13.1 Å². The van der Waals surface area contributed by atoms with Gasteiger partial charge in [0.05, 0.1) is 6.54 Å².